The van der Waals surface area contributed by atoms with E-state index in [0.717, 1.165) is 82.5 Å². The molecule has 5 atom stereocenters. The Morgan fingerprint density at radius 2 is 1.61 bits per heavy atom. The standard InChI is InChI=1S/C45H54N8O6/c1-25(2)33(20-37(54)58-5)41(55)53-24-27-15-17-45(53,21-27)43-48-22-34(50-43)29-11-9-28(10-12-29)30-13-14-32(39-31(30)16-18-46-39)35-23-47-40(49-35)36-8-7-19-52(36)42(56)38(26(3)4)51-44(57)59-6/h9-14,16,18,22-23,25-27,33,36,38,46H,7-8,15,17,19-21,24H2,1-6H3,(H,47,49)(H,48,50)(H,51,57)/t27?,33-,36-,38-,45?/m0/s1. The second-order valence-corrected chi connectivity index (χ2v) is 17.1. The van der Waals surface area contributed by atoms with Crippen LogP contribution in [0.1, 0.15) is 83.9 Å². The Hall–Kier alpha value is -5.92. The minimum atomic E-state index is -0.701. The Morgan fingerprint density at radius 3 is 2.32 bits per heavy atom. The van der Waals surface area contributed by atoms with Crippen molar-refractivity contribution in [2.24, 2.45) is 23.7 Å². The lowest BCUT2D eigenvalue weighted by Crippen LogP contribution is -2.51. The summed E-state index contributed by atoms with van der Waals surface area (Å²) in [5.41, 5.74) is 6.29. The van der Waals surface area contributed by atoms with Crippen LogP contribution in [0.3, 0.4) is 0 Å². The van der Waals surface area contributed by atoms with E-state index in [4.69, 9.17) is 19.4 Å². The molecule has 8 rings (SSSR count). The van der Waals surface area contributed by atoms with Gasteiger partial charge >= 0.3 is 12.1 Å². The average molecular weight is 803 g/mol. The highest BCUT2D eigenvalue weighted by atomic mass is 16.5. The number of carbonyl (C=O) groups excluding carboxylic acids is 4. The number of benzene rings is 2. The van der Waals surface area contributed by atoms with Crippen LogP contribution in [0.4, 0.5) is 4.79 Å². The summed E-state index contributed by atoms with van der Waals surface area (Å²) in [4.78, 5) is 76.0. The van der Waals surface area contributed by atoms with Crippen LogP contribution in [0.25, 0.3) is 44.5 Å². The predicted octanol–water partition coefficient (Wildman–Crippen LogP) is 7.33. The molecule has 2 unspecified atom stereocenters. The van der Waals surface area contributed by atoms with Crippen molar-refractivity contribution in [3.8, 4) is 33.6 Å². The number of amides is 3. The van der Waals surface area contributed by atoms with E-state index in [0.29, 0.717) is 24.8 Å². The van der Waals surface area contributed by atoms with Crippen LogP contribution in [-0.4, -0.2) is 91.9 Å². The fraction of sp³-hybridized carbons (Fsp3) is 0.467. The first-order chi connectivity index (χ1) is 28.4. The molecule has 3 amide bonds. The van der Waals surface area contributed by atoms with Crippen molar-refractivity contribution in [1.82, 2.24) is 40.0 Å². The molecule has 0 radical (unpaired) electrons. The maximum Gasteiger partial charge on any atom is 0.407 e. The largest absolute Gasteiger partial charge is 0.469 e. The van der Waals surface area contributed by atoms with E-state index < -0.39 is 23.6 Å². The lowest BCUT2D eigenvalue weighted by Gasteiger charge is -2.40. The first-order valence-electron chi connectivity index (χ1n) is 20.8. The number of esters is 1. The highest BCUT2D eigenvalue weighted by molar-refractivity contribution is 6.02. The van der Waals surface area contributed by atoms with Crippen LogP contribution in [0.5, 0.6) is 0 Å². The molecule has 59 heavy (non-hydrogen) atoms. The fourth-order valence-electron chi connectivity index (χ4n) is 9.68. The molecule has 1 aliphatic carbocycles. The minimum absolute atomic E-state index is 0.0000289. The summed E-state index contributed by atoms with van der Waals surface area (Å²) in [5.74, 6) is 0.867. The number of likely N-dealkylation sites (tertiary alicyclic amines) is 2. The van der Waals surface area contributed by atoms with E-state index >= 15 is 0 Å². The number of carbonyl (C=O) groups is 4. The Balaban J connectivity index is 1.00. The first kappa shape index (κ1) is 39.9. The van der Waals surface area contributed by atoms with Gasteiger partial charge in [0.15, 0.2) is 0 Å². The number of ether oxygens (including phenoxy) is 2. The molecule has 14 heteroatoms. The number of hydrogen-bond donors (Lipinski definition) is 4. The number of fused-ring (bicyclic) bond motifs is 3. The molecule has 3 fully saturated rings. The Morgan fingerprint density at radius 1 is 0.864 bits per heavy atom. The van der Waals surface area contributed by atoms with Crippen molar-refractivity contribution < 1.29 is 28.7 Å². The van der Waals surface area contributed by atoms with Gasteiger partial charge in [-0.2, -0.15) is 0 Å². The topological polar surface area (TPSA) is 178 Å². The number of rotatable bonds is 12. The van der Waals surface area contributed by atoms with Crippen LogP contribution >= 0.6 is 0 Å². The molecule has 2 aliphatic heterocycles. The molecule has 3 aliphatic rings. The molecule has 310 valence electrons. The molecule has 3 aromatic heterocycles. The van der Waals surface area contributed by atoms with Gasteiger partial charge in [0, 0.05) is 30.2 Å². The van der Waals surface area contributed by atoms with Gasteiger partial charge in [-0.3, -0.25) is 14.4 Å². The van der Waals surface area contributed by atoms with Gasteiger partial charge in [-0.05, 0) is 72.6 Å². The van der Waals surface area contributed by atoms with Crippen LogP contribution in [0.2, 0.25) is 0 Å². The van der Waals surface area contributed by atoms with Crippen molar-refractivity contribution in [2.45, 2.75) is 83.8 Å². The first-order valence-corrected chi connectivity index (χ1v) is 20.8. The SMILES string of the molecule is COC(=O)C[C@H](C(=O)N1CC2CCC1(c1ncc(-c3ccc(-c4ccc(-c5cnc([C@@H]6CCCN6C(=O)[C@@H](NC(=O)OC)C(C)C)[nH]5)c5[nH]ccc45)cc3)[nH]1)C2)C(C)C. The monoisotopic (exact) mass is 802 g/mol. The average Bonchev–Trinajstić information content (AvgIpc) is 4.10. The lowest BCUT2D eigenvalue weighted by molar-refractivity contribution is -0.151. The zero-order chi connectivity index (χ0) is 41.6. The summed E-state index contributed by atoms with van der Waals surface area (Å²) in [6, 6.07) is 13.8. The van der Waals surface area contributed by atoms with E-state index in [2.05, 4.69) is 62.7 Å². The quantitative estimate of drug-likeness (QED) is 0.0948. The number of nitrogens with zero attached hydrogens (tertiary/aromatic N) is 4. The van der Waals surface area contributed by atoms with Gasteiger partial charge < -0.3 is 39.5 Å². The third kappa shape index (κ3) is 7.27. The summed E-state index contributed by atoms with van der Waals surface area (Å²) in [6.45, 7) is 9.04. The molecule has 2 aromatic carbocycles. The minimum Gasteiger partial charge on any atom is -0.469 e. The maximum absolute atomic E-state index is 14.0. The number of alkyl carbamates (subject to hydrolysis) is 1. The summed E-state index contributed by atoms with van der Waals surface area (Å²) < 4.78 is 9.72. The Labute approximate surface area is 343 Å². The second kappa shape index (κ2) is 16.0. The number of imidazole rings is 2. The molecule has 0 spiro atoms. The molecule has 2 saturated heterocycles. The molecular weight excluding hydrogens is 749 g/mol. The van der Waals surface area contributed by atoms with E-state index in [1.165, 1.54) is 14.2 Å². The molecule has 1 saturated carbocycles. The number of H-pyrrole nitrogens is 3. The second-order valence-electron chi connectivity index (χ2n) is 17.1. The zero-order valence-electron chi connectivity index (χ0n) is 34.6. The number of nitrogens with one attached hydrogen (secondary N) is 4. The summed E-state index contributed by atoms with van der Waals surface area (Å²) >= 11 is 0. The van der Waals surface area contributed by atoms with Gasteiger partial charge in [0.1, 0.15) is 23.2 Å². The van der Waals surface area contributed by atoms with Gasteiger partial charge in [0.25, 0.3) is 0 Å². The molecular formula is C45H54N8O6. The Kier molecular flexibility index (Phi) is 10.8. The van der Waals surface area contributed by atoms with Crippen molar-refractivity contribution in [2.75, 3.05) is 27.3 Å². The maximum atomic E-state index is 14.0. The van der Waals surface area contributed by atoms with Gasteiger partial charge in [-0.15, -0.1) is 0 Å². The van der Waals surface area contributed by atoms with Crippen molar-refractivity contribution in [3.05, 3.63) is 72.7 Å². The van der Waals surface area contributed by atoms with E-state index in [1.54, 1.807) is 0 Å². The molecule has 14 nitrogen and oxygen atoms in total. The van der Waals surface area contributed by atoms with Crippen LogP contribution in [-0.2, 0) is 29.4 Å². The molecule has 5 heterocycles. The Bertz CT molecular complexity index is 2360. The zero-order valence-corrected chi connectivity index (χ0v) is 34.6. The van der Waals surface area contributed by atoms with Crippen LogP contribution < -0.4 is 5.32 Å². The van der Waals surface area contributed by atoms with E-state index in [9.17, 15) is 19.2 Å². The van der Waals surface area contributed by atoms with Crippen molar-refractivity contribution in [1.29, 1.82) is 0 Å². The molecule has 2 bridgehead atoms. The number of piperidine rings is 1. The summed E-state index contributed by atoms with van der Waals surface area (Å²) in [5, 5.41) is 3.78. The van der Waals surface area contributed by atoms with Gasteiger partial charge in [0.05, 0.1) is 61.9 Å². The van der Waals surface area contributed by atoms with Crippen molar-refractivity contribution >= 4 is 34.8 Å². The highest BCUT2D eigenvalue weighted by Gasteiger charge is 2.56. The summed E-state index contributed by atoms with van der Waals surface area (Å²) in [6.07, 6.45) is 9.43. The lowest BCUT2D eigenvalue weighted by atomic mass is 9.87. The highest BCUT2D eigenvalue weighted by Crippen LogP contribution is 2.53. The van der Waals surface area contributed by atoms with E-state index in [-0.39, 0.29) is 42.1 Å². The van der Waals surface area contributed by atoms with Gasteiger partial charge in [0.2, 0.25) is 11.8 Å². The molecule has 5 aromatic rings. The number of aromatic nitrogens is 5. The van der Waals surface area contributed by atoms with Gasteiger partial charge in [-0.1, -0.05) is 64.1 Å². The third-order valence-corrected chi connectivity index (χ3v) is 12.9. The van der Waals surface area contributed by atoms with Crippen LogP contribution in [0.15, 0.2) is 61.1 Å². The smallest absolute Gasteiger partial charge is 0.407 e. The normalized spacial score (nSPS) is 21.1. The van der Waals surface area contributed by atoms with E-state index in [1.807, 2.05) is 56.1 Å². The summed E-state index contributed by atoms with van der Waals surface area (Å²) in [7, 11) is 2.66. The molecule has 4 N–H and O–H groups in total. The van der Waals surface area contributed by atoms with Gasteiger partial charge in [-0.25, -0.2) is 14.8 Å². The number of hydrogen-bond acceptors (Lipinski definition) is 8. The number of aromatic amines is 3. The third-order valence-electron chi connectivity index (χ3n) is 12.9. The predicted molar refractivity (Wildman–Crippen MR) is 222 cm³/mol. The van der Waals surface area contributed by atoms with Crippen molar-refractivity contribution in [3.63, 3.8) is 0 Å². The van der Waals surface area contributed by atoms with Crippen LogP contribution in [0, 0.1) is 23.7 Å². The fourth-order valence-corrected chi connectivity index (χ4v) is 9.68. The number of methoxy groups -OCH3 is 2.